The minimum absolute atomic E-state index is 0.0143. The molecular weight excluding hydrogens is 532 g/mol. The third kappa shape index (κ3) is 4.07. The maximum Gasteiger partial charge on any atom is 0.310 e. The Morgan fingerprint density at radius 3 is 2.37 bits per heavy atom. The van der Waals surface area contributed by atoms with E-state index in [1.807, 2.05) is 27.7 Å². The minimum Gasteiger partial charge on any atom is -0.472 e. The van der Waals surface area contributed by atoms with Crippen molar-refractivity contribution in [1.29, 1.82) is 0 Å². The van der Waals surface area contributed by atoms with E-state index in [9.17, 15) is 24.0 Å². The molecule has 0 aromatic carbocycles. The van der Waals surface area contributed by atoms with E-state index in [1.165, 1.54) is 27.2 Å². The van der Waals surface area contributed by atoms with Gasteiger partial charge in [0.1, 0.15) is 6.10 Å². The molecule has 0 amide bonds. The Balaban J connectivity index is 1.79. The summed E-state index contributed by atoms with van der Waals surface area (Å²) in [6.07, 6.45) is 2.39. The number of ether oxygens (including phenoxy) is 4. The van der Waals surface area contributed by atoms with Gasteiger partial charge in [-0.2, -0.15) is 0 Å². The lowest BCUT2D eigenvalue weighted by atomic mass is 9.39. The average Bonchev–Trinajstić information content (AvgIpc) is 3.42. The first kappa shape index (κ1) is 29.1. The van der Waals surface area contributed by atoms with Crippen molar-refractivity contribution in [1.82, 2.24) is 0 Å². The Morgan fingerprint density at radius 2 is 1.78 bits per heavy atom. The summed E-state index contributed by atoms with van der Waals surface area (Å²) in [5, 5.41) is 0. The number of ketones is 1. The Labute approximate surface area is 239 Å². The summed E-state index contributed by atoms with van der Waals surface area (Å²) in [7, 11) is 1.29. The Hall–Kier alpha value is -3.43. The molecule has 3 aliphatic carbocycles. The molecule has 41 heavy (non-hydrogen) atoms. The quantitative estimate of drug-likeness (QED) is 0.284. The van der Waals surface area contributed by atoms with E-state index >= 15 is 0 Å². The number of fused-ring (bicyclic) bond motifs is 5. The van der Waals surface area contributed by atoms with Crippen molar-refractivity contribution in [3.8, 4) is 0 Å². The predicted molar refractivity (Wildman–Crippen MR) is 142 cm³/mol. The molecule has 222 valence electrons. The van der Waals surface area contributed by atoms with E-state index in [-0.39, 0.29) is 31.0 Å². The van der Waals surface area contributed by atoms with Gasteiger partial charge in [0.05, 0.1) is 26.1 Å². The van der Waals surface area contributed by atoms with Gasteiger partial charge in [0.25, 0.3) is 0 Å². The van der Waals surface area contributed by atoms with Gasteiger partial charge in [-0.15, -0.1) is 0 Å². The normalized spacial score (nSPS) is 37.3. The van der Waals surface area contributed by atoms with Crippen molar-refractivity contribution < 1.29 is 47.3 Å². The molecule has 7 atom stereocenters. The highest BCUT2D eigenvalue weighted by Gasteiger charge is 2.76. The standard InChI is InChI=1S/C31H38O10/c1-16(32)39-27-28(3,4)22(13-23(34)37-7)30(6)20-8-10-29(5)21(12-24(35)40-25(29)18-9-11-38-15-18)19(20)14-31(27,26(30)36)41-17(2)33/h9,11,15,20,22,25,27H,8,10,12-14H2,1-7H3/t20-,22-,25+,27-,29-,30+,31-/m1/s1. The number of hydrogen-bond donors (Lipinski definition) is 0. The SMILES string of the molecule is COC(=O)C[C@@H]1C(C)(C)[C@@H](OC(C)=O)[C@@]2(OC(C)=O)CC3=C4CC(=O)O[C@@H](c5ccoc5)[C@]4(C)CC[C@H]3[C@]1(C)C2=O. The number of carbonyl (C=O) groups excluding carboxylic acids is 5. The minimum atomic E-state index is -1.84. The number of rotatable bonds is 5. The zero-order chi connectivity index (χ0) is 30.1. The molecule has 1 aromatic rings. The zero-order valence-corrected chi connectivity index (χ0v) is 24.7. The van der Waals surface area contributed by atoms with Crippen LogP contribution in [0.1, 0.15) is 85.3 Å². The van der Waals surface area contributed by atoms with Gasteiger partial charge in [-0.3, -0.25) is 24.0 Å². The van der Waals surface area contributed by atoms with Crippen LogP contribution in [0, 0.1) is 28.1 Å². The predicted octanol–water partition coefficient (Wildman–Crippen LogP) is 4.41. The van der Waals surface area contributed by atoms with Crippen LogP contribution in [0.3, 0.4) is 0 Å². The van der Waals surface area contributed by atoms with E-state index in [4.69, 9.17) is 23.4 Å². The zero-order valence-electron chi connectivity index (χ0n) is 24.7. The molecule has 0 spiro atoms. The first-order valence-electron chi connectivity index (χ1n) is 14.1. The second-order valence-corrected chi connectivity index (χ2v) is 13.0. The van der Waals surface area contributed by atoms with Crippen LogP contribution < -0.4 is 0 Å². The maximum atomic E-state index is 14.8. The van der Waals surface area contributed by atoms with Crippen molar-refractivity contribution >= 4 is 29.7 Å². The van der Waals surface area contributed by atoms with E-state index in [0.29, 0.717) is 12.8 Å². The summed E-state index contributed by atoms with van der Waals surface area (Å²) < 4.78 is 28.1. The van der Waals surface area contributed by atoms with Crippen LogP contribution in [0.25, 0.3) is 0 Å². The van der Waals surface area contributed by atoms with Gasteiger partial charge in [-0.05, 0) is 36.3 Å². The molecule has 1 saturated heterocycles. The van der Waals surface area contributed by atoms with Gasteiger partial charge in [0, 0.05) is 48.5 Å². The van der Waals surface area contributed by atoms with Gasteiger partial charge in [-0.1, -0.05) is 33.3 Å². The molecule has 2 heterocycles. The molecule has 10 nitrogen and oxygen atoms in total. The van der Waals surface area contributed by atoms with Gasteiger partial charge < -0.3 is 23.4 Å². The first-order valence-corrected chi connectivity index (χ1v) is 14.1. The second-order valence-electron chi connectivity index (χ2n) is 13.0. The number of methoxy groups -OCH3 is 1. The molecule has 1 aliphatic heterocycles. The highest BCUT2D eigenvalue weighted by atomic mass is 16.6. The van der Waals surface area contributed by atoms with Crippen molar-refractivity contribution in [3.05, 3.63) is 35.3 Å². The van der Waals surface area contributed by atoms with Crippen molar-refractivity contribution in [2.75, 3.05) is 7.11 Å². The fourth-order valence-corrected chi connectivity index (χ4v) is 8.83. The number of cyclic esters (lactones) is 1. The molecule has 5 rings (SSSR count). The molecule has 4 aliphatic rings. The van der Waals surface area contributed by atoms with Crippen molar-refractivity contribution in [2.24, 2.45) is 28.1 Å². The second kappa shape index (κ2) is 9.56. The number of esters is 4. The third-order valence-electron chi connectivity index (χ3n) is 10.4. The monoisotopic (exact) mass is 570 g/mol. The average molecular weight is 571 g/mol. The number of carbonyl (C=O) groups is 5. The van der Waals surface area contributed by atoms with Gasteiger partial charge >= 0.3 is 23.9 Å². The fraction of sp³-hybridized carbons (Fsp3) is 0.645. The maximum absolute atomic E-state index is 14.8. The van der Waals surface area contributed by atoms with Gasteiger partial charge in [0.15, 0.2) is 11.9 Å². The van der Waals surface area contributed by atoms with Crippen LogP contribution in [0.4, 0.5) is 0 Å². The molecule has 2 saturated carbocycles. The summed E-state index contributed by atoms with van der Waals surface area (Å²) >= 11 is 0. The number of Topliss-reactive ketones (excluding diaryl/α,β-unsaturated/α-hetero) is 1. The molecular formula is C31H38O10. The third-order valence-corrected chi connectivity index (χ3v) is 10.4. The Morgan fingerprint density at radius 1 is 1.07 bits per heavy atom. The lowest BCUT2D eigenvalue weighted by Crippen LogP contribution is -2.75. The smallest absolute Gasteiger partial charge is 0.310 e. The summed E-state index contributed by atoms with van der Waals surface area (Å²) in [5.74, 6) is -3.59. The largest absolute Gasteiger partial charge is 0.472 e. The molecule has 0 radical (unpaired) electrons. The highest BCUT2D eigenvalue weighted by Crippen LogP contribution is 2.69. The van der Waals surface area contributed by atoms with Crippen LogP contribution in [0.15, 0.2) is 34.2 Å². The lowest BCUT2D eigenvalue weighted by molar-refractivity contribution is -0.243. The number of hydrogen-bond acceptors (Lipinski definition) is 10. The van der Waals surface area contributed by atoms with Crippen molar-refractivity contribution in [2.45, 2.75) is 91.5 Å². The number of furan rings is 1. The van der Waals surface area contributed by atoms with Gasteiger partial charge in [0.2, 0.25) is 5.60 Å². The first-order chi connectivity index (χ1) is 19.1. The molecule has 0 N–H and O–H groups in total. The summed E-state index contributed by atoms with van der Waals surface area (Å²) in [4.78, 5) is 65.9. The highest BCUT2D eigenvalue weighted by molar-refractivity contribution is 5.99. The molecule has 0 unspecified atom stereocenters. The molecule has 10 heteroatoms. The van der Waals surface area contributed by atoms with Crippen LogP contribution in [-0.2, 0) is 42.9 Å². The van der Waals surface area contributed by atoms with Crippen LogP contribution in [-0.4, -0.2) is 48.5 Å². The van der Waals surface area contributed by atoms with E-state index in [2.05, 4.69) is 0 Å². The van der Waals surface area contributed by atoms with Crippen LogP contribution >= 0.6 is 0 Å². The summed E-state index contributed by atoms with van der Waals surface area (Å²) in [6.45, 7) is 10.0. The van der Waals surface area contributed by atoms with E-state index < -0.39 is 63.8 Å². The molecule has 1 aromatic heterocycles. The topological polar surface area (TPSA) is 135 Å². The fourth-order valence-electron chi connectivity index (χ4n) is 8.83. The van der Waals surface area contributed by atoms with E-state index in [0.717, 1.165) is 16.7 Å². The molecule has 3 fully saturated rings. The molecule has 2 bridgehead atoms. The summed E-state index contributed by atoms with van der Waals surface area (Å²) in [5.41, 5.74) is -2.23. The van der Waals surface area contributed by atoms with E-state index in [1.54, 1.807) is 12.3 Å². The van der Waals surface area contributed by atoms with Crippen molar-refractivity contribution in [3.63, 3.8) is 0 Å². The summed E-state index contributed by atoms with van der Waals surface area (Å²) in [6, 6.07) is 1.77. The van der Waals surface area contributed by atoms with Crippen LogP contribution in [0.5, 0.6) is 0 Å². The Kier molecular flexibility index (Phi) is 6.78. The van der Waals surface area contributed by atoms with Gasteiger partial charge in [-0.25, -0.2) is 0 Å². The lowest BCUT2D eigenvalue weighted by Gasteiger charge is -2.66. The van der Waals surface area contributed by atoms with Crippen LogP contribution in [0.2, 0.25) is 0 Å². The Bertz CT molecular complexity index is 1340.